The molecule has 22 heavy (non-hydrogen) atoms. The summed E-state index contributed by atoms with van der Waals surface area (Å²) in [6, 6.07) is 11.5. The second-order valence-corrected chi connectivity index (χ2v) is 6.56. The van der Waals surface area contributed by atoms with Gasteiger partial charge in [-0.25, -0.2) is 0 Å². The Labute approximate surface area is 133 Å². The van der Waals surface area contributed by atoms with E-state index in [0.29, 0.717) is 25.2 Å². The van der Waals surface area contributed by atoms with E-state index < -0.39 is 0 Å². The first-order valence-electron chi connectivity index (χ1n) is 8.54. The molecule has 1 N–H and O–H groups in total. The Morgan fingerprint density at radius 3 is 2.77 bits per heavy atom. The fraction of sp³-hybridized carbons (Fsp3) is 0.611. The number of hydrogen-bond acceptors (Lipinski definition) is 3. The highest BCUT2D eigenvalue weighted by Crippen LogP contribution is 2.20. The topological polar surface area (TPSA) is 35.6 Å². The molecular weight excluding hydrogens is 274 g/mol. The number of nitrogens with one attached hydrogen (secondary N) is 1. The lowest BCUT2D eigenvalue weighted by molar-refractivity contribution is -0.132. The number of amides is 1. The maximum absolute atomic E-state index is 12.6. The molecule has 2 aliphatic rings. The van der Waals surface area contributed by atoms with Crippen LogP contribution >= 0.6 is 0 Å². The number of carbonyl (C=O) groups is 1. The van der Waals surface area contributed by atoms with Gasteiger partial charge in [-0.15, -0.1) is 0 Å². The van der Waals surface area contributed by atoms with Crippen molar-refractivity contribution in [1.82, 2.24) is 15.1 Å². The molecule has 3 rings (SSSR count). The molecule has 0 aromatic heterocycles. The predicted octanol–water partition coefficient (Wildman–Crippen LogP) is 1.86. The third kappa shape index (κ3) is 3.87. The normalized spacial score (nSPS) is 25.0. The number of hydrogen-bond donors (Lipinski definition) is 1. The molecule has 2 heterocycles. The van der Waals surface area contributed by atoms with Gasteiger partial charge in [-0.05, 0) is 31.7 Å². The number of nitrogens with zero attached hydrogens (tertiary/aromatic N) is 2. The van der Waals surface area contributed by atoms with Gasteiger partial charge in [-0.3, -0.25) is 9.69 Å². The van der Waals surface area contributed by atoms with Crippen LogP contribution in [-0.4, -0.2) is 54.0 Å². The van der Waals surface area contributed by atoms with Gasteiger partial charge in [0.25, 0.3) is 0 Å². The average Bonchev–Trinajstić information content (AvgIpc) is 2.88. The summed E-state index contributed by atoms with van der Waals surface area (Å²) in [7, 11) is 0. The zero-order chi connectivity index (χ0) is 15.4. The third-order valence-electron chi connectivity index (χ3n) is 4.92. The van der Waals surface area contributed by atoms with E-state index in [-0.39, 0.29) is 5.91 Å². The molecule has 0 aliphatic carbocycles. The second kappa shape index (κ2) is 7.25. The summed E-state index contributed by atoms with van der Waals surface area (Å²) in [5.41, 5.74) is 1.20. The molecule has 1 amide bonds. The molecule has 1 aromatic carbocycles. The minimum absolute atomic E-state index is 0.254. The van der Waals surface area contributed by atoms with E-state index in [1.165, 1.54) is 24.8 Å². The molecule has 4 nitrogen and oxygen atoms in total. The predicted molar refractivity (Wildman–Crippen MR) is 88.5 cm³/mol. The Kier molecular flexibility index (Phi) is 5.11. The van der Waals surface area contributed by atoms with Crippen molar-refractivity contribution in [1.29, 1.82) is 0 Å². The number of carbonyl (C=O) groups excluding carboxylic acids is 1. The maximum Gasteiger partial charge on any atom is 0.237 e. The van der Waals surface area contributed by atoms with Gasteiger partial charge in [0.1, 0.15) is 0 Å². The fourth-order valence-corrected chi connectivity index (χ4v) is 3.63. The maximum atomic E-state index is 12.6. The number of likely N-dealkylation sites (N-methyl/N-ethyl adjacent to an activating group) is 1. The SMILES string of the molecule is CCN(Cc1ccccc1)C(=O)CN1CCC2CCC(C1)N2. The van der Waals surface area contributed by atoms with E-state index in [1.807, 2.05) is 23.1 Å². The standard InChI is InChI=1S/C18H27N3O/c1-2-21(12-15-6-4-3-5-7-15)18(22)14-20-11-10-16-8-9-17(13-20)19-16/h3-7,16-17,19H,2,8-14H2,1H3. The summed E-state index contributed by atoms with van der Waals surface area (Å²) in [6.07, 6.45) is 3.74. The van der Waals surface area contributed by atoms with E-state index in [4.69, 9.17) is 0 Å². The van der Waals surface area contributed by atoms with Crippen molar-refractivity contribution in [2.45, 2.75) is 44.8 Å². The molecule has 0 saturated carbocycles. The first-order valence-corrected chi connectivity index (χ1v) is 8.54. The monoisotopic (exact) mass is 301 g/mol. The molecule has 2 unspecified atom stereocenters. The minimum Gasteiger partial charge on any atom is -0.338 e. The van der Waals surface area contributed by atoms with E-state index in [1.54, 1.807) is 0 Å². The van der Waals surface area contributed by atoms with Crippen LogP contribution in [0.2, 0.25) is 0 Å². The van der Waals surface area contributed by atoms with Gasteiger partial charge >= 0.3 is 0 Å². The molecule has 2 saturated heterocycles. The lowest BCUT2D eigenvalue weighted by Crippen LogP contribution is -2.43. The number of likely N-dealkylation sites (tertiary alicyclic amines) is 1. The van der Waals surface area contributed by atoms with Gasteiger partial charge in [0.05, 0.1) is 6.54 Å². The van der Waals surface area contributed by atoms with Crippen LogP contribution in [0.1, 0.15) is 31.7 Å². The molecule has 120 valence electrons. The molecule has 2 bridgehead atoms. The van der Waals surface area contributed by atoms with Crippen LogP contribution in [0.15, 0.2) is 30.3 Å². The largest absolute Gasteiger partial charge is 0.338 e. The number of rotatable bonds is 5. The first kappa shape index (κ1) is 15.5. The highest BCUT2D eigenvalue weighted by atomic mass is 16.2. The van der Waals surface area contributed by atoms with E-state index >= 15 is 0 Å². The van der Waals surface area contributed by atoms with Crippen LogP contribution in [0.5, 0.6) is 0 Å². The van der Waals surface area contributed by atoms with Crippen LogP contribution in [0.4, 0.5) is 0 Å². The fourth-order valence-electron chi connectivity index (χ4n) is 3.63. The van der Waals surface area contributed by atoms with Crippen LogP contribution in [0.25, 0.3) is 0 Å². The highest BCUT2D eigenvalue weighted by Gasteiger charge is 2.30. The van der Waals surface area contributed by atoms with Crippen molar-refractivity contribution in [2.24, 2.45) is 0 Å². The van der Waals surface area contributed by atoms with Gasteiger partial charge in [-0.2, -0.15) is 0 Å². The van der Waals surface area contributed by atoms with Crippen molar-refractivity contribution in [3.05, 3.63) is 35.9 Å². The van der Waals surface area contributed by atoms with Crippen LogP contribution in [0.3, 0.4) is 0 Å². The Bertz CT molecular complexity index is 490. The Morgan fingerprint density at radius 1 is 1.23 bits per heavy atom. The molecule has 4 heteroatoms. The second-order valence-electron chi connectivity index (χ2n) is 6.56. The van der Waals surface area contributed by atoms with Gasteiger partial charge in [0.2, 0.25) is 5.91 Å². The summed E-state index contributed by atoms with van der Waals surface area (Å²) in [4.78, 5) is 16.9. The zero-order valence-electron chi connectivity index (χ0n) is 13.5. The summed E-state index contributed by atoms with van der Waals surface area (Å²) < 4.78 is 0. The molecule has 0 spiro atoms. The third-order valence-corrected chi connectivity index (χ3v) is 4.92. The summed E-state index contributed by atoms with van der Waals surface area (Å²) in [5, 5.41) is 3.67. The lowest BCUT2D eigenvalue weighted by atomic mass is 10.1. The molecule has 2 fully saturated rings. The summed E-state index contributed by atoms with van der Waals surface area (Å²) in [6.45, 7) is 6.17. The summed E-state index contributed by atoms with van der Waals surface area (Å²) in [5.74, 6) is 0.254. The zero-order valence-corrected chi connectivity index (χ0v) is 13.5. The molecular formula is C18H27N3O. The highest BCUT2D eigenvalue weighted by molar-refractivity contribution is 5.78. The Hall–Kier alpha value is -1.39. The van der Waals surface area contributed by atoms with Crippen LogP contribution < -0.4 is 5.32 Å². The van der Waals surface area contributed by atoms with Crippen molar-refractivity contribution in [2.75, 3.05) is 26.2 Å². The molecule has 2 atom stereocenters. The van der Waals surface area contributed by atoms with Crippen LogP contribution in [0, 0.1) is 0 Å². The number of benzene rings is 1. The molecule has 2 aliphatic heterocycles. The van der Waals surface area contributed by atoms with Gasteiger partial charge in [0.15, 0.2) is 0 Å². The number of fused-ring (bicyclic) bond motifs is 2. The van der Waals surface area contributed by atoms with E-state index in [9.17, 15) is 4.79 Å². The van der Waals surface area contributed by atoms with E-state index in [0.717, 1.165) is 19.6 Å². The Morgan fingerprint density at radius 2 is 2.00 bits per heavy atom. The van der Waals surface area contributed by atoms with Gasteiger partial charge in [0, 0.05) is 38.3 Å². The molecule has 0 radical (unpaired) electrons. The van der Waals surface area contributed by atoms with Crippen LogP contribution in [-0.2, 0) is 11.3 Å². The summed E-state index contributed by atoms with van der Waals surface area (Å²) >= 11 is 0. The average molecular weight is 301 g/mol. The van der Waals surface area contributed by atoms with Gasteiger partial charge < -0.3 is 10.2 Å². The van der Waals surface area contributed by atoms with Gasteiger partial charge in [-0.1, -0.05) is 30.3 Å². The van der Waals surface area contributed by atoms with Crippen molar-refractivity contribution in [3.8, 4) is 0 Å². The smallest absolute Gasteiger partial charge is 0.237 e. The minimum atomic E-state index is 0.254. The van der Waals surface area contributed by atoms with Crippen molar-refractivity contribution >= 4 is 5.91 Å². The first-order chi connectivity index (χ1) is 10.7. The van der Waals surface area contributed by atoms with E-state index in [2.05, 4.69) is 29.3 Å². The lowest BCUT2D eigenvalue weighted by Gasteiger charge is -2.27. The Balaban J connectivity index is 1.55. The quantitative estimate of drug-likeness (QED) is 0.902. The van der Waals surface area contributed by atoms with Crippen molar-refractivity contribution in [3.63, 3.8) is 0 Å². The molecule has 1 aromatic rings. The van der Waals surface area contributed by atoms with Crippen molar-refractivity contribution < 1.29 is 4.79 Å².